The predicted molar refractivity (Wildman–Crippen MR) is 304 cm³/mol. The van der Waals surface area contributed by atoms with Crippen LogP contribution in [-0.4, -0.2) is 9.97 Å². The van der Waals surface area contributed by atoms with E-state index < -0.39 is 0 Å². The van der Waals surface area contributed by atoms with Gasteiger partial charge in [0.2, 0.25) is 0 Å². The minimum absolute atomic E-state index is 0.980. The molecule has 0 aliphatic heterocycles. The van der Waals surface area contributed by atoms with Crippen LogP contribution in [0.25, 0.3) is 0 Å². The third kappa shape index (κ3) is 44.7. The Labute approximate surface area is 424 Å². The lowest BCUT2D eigenvalue weighted by Gasteiger charge is -2.16. The smallest absolute Gasteiger partial charge is 0.128 e. The second kappa shape index (κ2) is 54.4. The van der Waals surface area contributed by atoms with Crippen LogP contribution in [0.2, 0.25) is 0 Å². The molecule has 0 atom stereocenters. The summed E-state index contributed by atoms with van der Waals surface area (Å²) in [4.78, 5) is 10.7. The molecule has 0 fully saturated rings. The standard InChI is InChI=1S/C65H125N2/c1-5-9-13-16-19-22-25-28-31-34-37-40-43-46-49-52-55-58-62-63(59-56-53-50-47-44-41-38-35-32-29-26-23-20-17-14-10-6-2)66-65(61-12-8-4)67-64(62)60-57-54-51-48-45-42-39-36-33-30-27-24-21-18-15-11-7-3/h4-61H2,1-3H3. The molecule has 1 radical (unpaired) electrons. The number of unbranched alkanes of at least 4 members (excludes halogenated alkanes) is 49. The molecule has 2 heteroatoms. The van der Waals surface area contributed by atoms with Crippen molar-refractivity contribution < 1.29 is 0 Å². The van der Waals surface area contributed by atoms with E-state index in [-0.39, 0.29) is 0 Å². The van der Waals surface area contributed by atoms with Crippen LogP contribution in [0.3, 0.4) is 0 Å². The molecule has 0 unspecified atom stereocenters. The molecular weight excluding hydrogens is 809 g/mol. The Morgan fingerprint density at radius 2 is 0.418 bits per heavy atom. The van der Waals surface area contributed by atoms with E-state index in [2.05, 4.69) is 27.7 Å². The van der Waals surface area contributed by atoms with Crippen LogP contribution < -0.4 is 0 Å². The first-order valence-electron chi connectivity index (χ1n) is 31.9. The van der Waals surface area contributed by atoms with Crippen LogP contribution in [0.4, 0.5) is 0 Å². The summed E-state index contributed by atoms with van der Waals surface area (Å²) in [5, 5.41) is 0. The molecule has 67 heavy (non-hydrogen) atoms. The van der Waals surface area contributed by atoms with Gasteiger partial charge in [-0.25, -0.2) is 9.97 Å². The van der Waals surface area contributed by atoms with Gasteiger partial charge in [0, 0.05) is 17.8 Å². The minimum Gasteiger partial charge on any atom is -0.238 e. The molecule has 0 amide bonds. The Morgan fingerprint density at radius 3 is 0.627 bits per heavy atom. The highest BCUT2D eigenvalue weighted by Crippen LogP contribution is 2.24. The number of aryl methyl sites for hydroxylation is 3. The fraction of sp³-hybridized carbons (Fsp3) is 0.923. The highest BCUT2D eigenvalue weighted by molar-refractivity contribution is 5.27. The normalized spacial score (nSPS) is 11.7. The molecule has 1 rings (SSSR count). The van der Waals surface area contributed by atoms with Gasteiger partial charge < -0.3 is 0 Å². The summed E-state index contributed by atoms with van der Waals surface area (Å²) in [7, 11) is 0. The van der Waals surface area contributed by atoms with Crippen molar-refractivity contribution in [2.24, 2.45) is 0 Å². The SMILES string of the molecule is [CH2]CCCc1nc(CCCCCCCCCCCCCCCCCCC)c(CCCCCCCCCCCCCCCCCCC)c(CCCCCCCCCCCCCCCCCCC)n1. The van der Waals surface area contributed by atoms with Crippen LogP contribution in [0, 0.1) is 6.92 Å². The first kappa shape index (κ1) is 64.1. The van der Waals surface area contributed by atoms with Gasteiger partial charge in [0.15, 0.2) is 0 Å². The Kier molecular flexibility index (Phi) is 52.1. The van der Waals surface area contributed by atoms with Crippen molar-refractivity contribution in [2.75, 3.05) is 0 Å². The van der Waals surface area contributed by atoms with Crippen molar-refractivity contribution in [3.63, 3.8) is 0 Å². The van der Waals surface area contributed by atoms with Gasteiger partial charge in [0.05, 0.1) is 0 Å². The van der Waals surface area contributed by atoms with E-state index in [1.54, 1.807) is 5.56 Å². The maximum atomic E-state index is 5.37. The molecular formula is C65H125N2. The summed E-state index contributed by atoms with van der Waals surface area (Å²) >= 11 is 0. The molecule has 1 aromatic heterocycles. The van der Waals surface area contributed by atoms with Gasteiger partial charge in [-0.15, -0.1) is 0 Å². The van der Waals surface area contributed by atoms with Crippen LogP contribution in [0.1, 0.15) is 384 Å². The maximum Gasteiger partial charge on any atom is 0.128 e. The van der Waals surface area contributed by atoms with Crippen LogP contribution in [0.15, 0.2) is 0 Å². The number of rotatable bonds is 57. The van der Waals surface area contributed by atoms with E-state index in [1.807, 2.05) is 0 Å². The van der Waals surface area contributed by atoms with Crippen molar-refractivity contribution in [2.45, 2.75) is 387 Å². The van der Waals surface area contributed by atoms with Crippen LogP contribution >= 0.6 is 0 Å². The van der Waals surface area contributed by atoms with E-state index in [0.717, 1.165) is 25.1 Å². The van der Waals surface area contributed by atoms with E-state index in [4.69, 9.17) is 9.97 Å². The maximum absolute atomic E-state index is 5.37. The zero-order valence-electron chi connectivity index (χ0n) is 46.9. The van der Waals surface area contributed by atoms with E-state index in [9.17, 15) is 0 Å². The predicted octanol–water partition coefficient (Wildman–Crippen LogP) is 23.2. The average molecular weight is 935 g/mol. The van der Waals surface area contributed by atoms with Gasteiger partial charge in [-0.1, -0.05) is 342 Å². The quantitative estimate of drug-likeness (QED) is 0.0608. The molecule has 0 bridgehead atoms. The number of hydrogen-bond donors (Lipinski definition) is 0. The lowest BCUT2D eigenvalue weighted by molar-refractivity contribution is 0.524. The monoisotopic (exact) mass is 934 g/mol. The topological polar surface area (TPSA) is 25.8 Å². The Balaban J connectivity index is 2.50. The first-order chi connectivity index (χ1) is 33.3. The van der Waals surface area contributed by atoms with Gasteiger partial charge in [-0.3, -0.25) is 0 Å². The third-order valence-electron chi connectivity index (χ3n) is 15.4. The molecule has 0 N–H and O–H groups in total. The summed E-state index contributed by atoms with van der Waals surface area (Å²) in [6.07, 6.45) is 79.7. The largest absolute Gasteiger partial charge is 0.238 e. The zero-order chi connectivity index (χ0) is 48.0. The fourth-order valence-electron chi connectivity index (χ4n) is 10.8. The first-order valence-corrected chi connectivity index (χ1v) is 31.9. The molecule has 0 aromatic carbocycles. The van der Waals surface area contributed by atoms with Crippen LogP contribution in [0.5, 0.6) is 0 Å². The Bertz CT molecular complexity index is 1020. The van der Waals surface area contributed by atoms with Crippen molar-refractivity contribution in [3.05, 3.63) is 29.7 Å². The molecule has 0 aliphatic carbocycles. The molecule has 0 saturated carbocycles. The number of nitrogens with zero attached hydrogens (tertiary/aromatic N) is 2. The lowest BCUT2D eigenvalue weighted by atomic mass is 9.96. The summed E-state index contributed by atoms with van der Waals surface area (Å²) < 4.78 is 0. The Hall–Kier alpha value is -0.920. The highest BCUT2D eigenvalue weighted by atomic mass is 14.9. The van der Waals surface area contributed by atoms with Crippen LogP contribution in [-0.2, 0) is 25.7 Å². The van der Waals surface area contributed by atoms with Crippen molar-refractivity contribution >= 4 is 0 Å². The number of hydrogen-bond acceptors (Lipinski definition) is 2. The van der Waals surface area contributed by atoms with E-state index >= 15 is 0 Å². The molecule has 1 aromatic rings. The zero-order valence-corrected chi connectivity index (χ0v) is 46.9. The Morgan fingerprint density at radius 1 is 0.224 bits per heavy atom. The average Bonchev–Trinajstić information content (AvgIpc) is 3.34. The van der Waals surface area contributed by atoms with Crippen molar-refractivity contribution in [3.8, 4) is 0 Å². The molecule has 1 heterocycles. The third-order valence-corrected chi connectivity index (χ3v) is 15.4. The van der Waals surface area contributed by atoms with E-state index in [1.165, 1.54) is 358 Å². The van der Waals surface area contributed by atoms with Gasteiger partial charge in [0.1, 0.15) is 5.82 Å². The summed E-state index contributed by atoms with van der Waals surface area (Å²) in [6.45, 7) is 11.1. The molecule has 0 aliphatic rings. The number of aromatic nitrogens is 2. The van der Waals surface area contributed by atoms with Gasteiger partial charge >= 0.3 is 0 Å². The fourth-order valence-corrected chi connectivity index (χ4v) is 10.8. The van der Waals surface area contributed by atoms with E-state index in [0.29, 0.717) is 0 Å². The van der Waals surface area contributed by atoms with Crippen molar-refractivity contribution in [1.29, 1.82) is 0 Å². The van der Waals surface area contributed by atoms with Gasteiger partial charge in [-0.05, 0) is 50.5 Å². The lowest BCUT2D eigenvalue weighted by Crippen LogP contribution is -2.11. The second-order valence-corrected chi connectivity index (χ2v) is 22.2. The highest BCUT2D eigenvalue weighted by Gasteiger charge is 2.15. The van der Waals surface area contributed by atoms with Gasteiger partial charge in [-0.2, -0.15) is 0 Å². The molecule has 0 saturated heterocycles. The summed E-state index contributed by atoms with van der Waals surface area (Å²) in [5.41, 5.74) is 4.45. The second-order valence-electron chi connectivity index (χ2n) is 22.2. The molecule has 0 spiro atoms. The molecule has 2 nitrogen and oxygen atoms in total. The van der Waals surface area contributed by atoms with Gasteiger partial charge in [0.25, 0.3) is 0 Å². The summed E-state index contributed by atoms with van der Waals surface area (Å²) in [5.74, 6) is 1.12. The summed E-state index contributed by atoms with van der Waals surface area (Å²) in [6, 6.07) is 0. The minimum atomic E-state index is 0.980. The van der Waals surface area contributed by atoms with Crippen molar-refractivity contribution in [1.82, 2.24) is 9.97 Å². The molecule has 395 valence electrons.